The highest BCUT2D eigenvalue weighted by Crippen LogP contribution is 2.14. The second kappa shape index (κ2) is 6.11. The normalized spacial score (nSPS) is 16.9. The molecule has 1 fully saturated rings. The van der Waals surface area contributed by atoms with E-state index in [1.165, 1.54) is 12.1 Å². The third-order valence-electron chi connectivity index (χ3n) is 2.59. The molecule has 0 radical (unpaired) electrons. The van der Waals surface area contributed by atoms with Crippen molar-refractivity contribution in [3.05, 3.63) is 29.6 Å². The first-order valence-corrected chi connectivity index (χ1v) is 5.71. The van der Waals surface area contributed by atoms with Gasteiger partial charge in [-0.2, -0.15) is 0 Å². The maximum Gasteiger partial charge on any atom is 0.639 e. The van der Waals surface area contributed by atoms with Gasteiger partial charge in [0.2, 0.25) is 0 Å². The Balaban J connectivity index is 1.89. The van der Waals surface area contributed by atoms with Gasteiger partial charge in [0.15, 0.2) is 0 Å². The standard InChI is InChI=1S/C11H15BFNO3/c13-10-3-4-11(14)9(7-10)8-17-12-15-5-1-2-6-16-12/h3-4,7H,1-2,5-6,8,14H2/p+1. The van der Waals surface area contributed by atoms with Crippen LogP contribution in [0.15, 0.2) is 18.2 Å². The molecular weight excluding hydrogens is 224 g/mol. The molecule has 0 unspecified atom stereocenters. The molecule has 0 spiro atoms. The van der Waals surface area contributed by atoms with Gasteiger partial charge in [-0.1, -0.05) is 0 Å². The summed E-state index contributed by atoms with van der Waals surface area (Å²) >= 11 is 0. The summed E-state index contributed by atoms with van der Waals surface area (Å²) in [7, 11) is -0.653. The van der Waals surface area contributed by atoms with Crippen LogP contribution in [0.3, 0.4) is 0 Å². The lowest BCUT2D eigenvalue weighted by Crippen LogP contribution is -2.41. The predicted octanol–water partition coefficient (Wildman–Crippen LogP) is 1.03. The monoisotopic (exact) mass is 240 g/mol. The van der Waals surface area contributed by atoms with Crippen LogP contribution < -0.4 is 5.73 Å². The van der Waals surface area contributed by atoms with Crippen molar-refractivity contribution >= 4 is 13.0 Å². The first kappa shape index (κ1) is 12.5. The molecule has 0 aromatic heterocycles. The van der Waals surface area contributed by atoms with Crippen molar-refractivity contribution < 1.29 is 24.1 Å². The van der Waals surface area contributed by atoms with Crippen molar-refractivity contribution in [2.24, 2.45) is 0 Å². The van der Waals surface area contributed by atoms with Crippen LogP contribution in [-0.4, -0.2) is 20.5 Å². The first-order chi connectivity index (χ1) is 8.25. The minimum atomic E-state index is -0.653. The van der Waals surface area contributed by atoms with E-state index in [1.54, 1.807) is 6.07 Å². The van der Waals surface area contributed by atoms with Gasteiger partial charge in [0, 0.05) is 24.8 Å². The van der Waals surface area contributed by atoms with Crippen molar-refractivity contribution in [2.45, 2.75) is 19.4 Å². The number of quaternary nitrogens is 1. The molecule has 1 saturated heterocycles. The molecule has 0 atom stereocenters. The smallest absolute Gasteiger partial charge is 0.386 e. The van der Waals surface area contributed by atoms with E-state index in [9.17, 15) is 4.39 Å². The molecule has 1 heterocycles. The van der Waals surface area contributed by atoms with E-state index in [2.05, 4.69) is 5.73 Å². The zero-order valence-electron chi connectivity index (χ0n) is 9.65. The molecule has 0 amide bonds. The van der Waals surface area contributed by atoms with E-state index in [0.29, 0.717) is 18.8 Å². The van der Waals surface area contributed by atoms with Crippen molar-refractivity contribution in [3.8, 4) is 0 Å². The van der Waals surface area contributed by atoms with Gasteiger partial charge in [-0.05, 0) is 25.0 Å². The number of halogens is 1. The third kappa shape index (κ3) is 3.78. The van der Waals surface area contributed by atoms with Gasteiger partial charge in [0.25, 0.3) is 0 Å². The molecule has 2 rings (SSSR count). The summed E-state index contributed by atoms with van der Waals surface area (Å²) in [4.78, 5) is 0. The van der Waals surface area contributed by atoms with E-state index in [1.807, 2.05) is 0 Å². The molecule has 17 heavy (non-hydrogen) atoms. The molecular formula is C11H16BFNO3+. The van der Waals surface area contributed by atoms with Crippen LogP contribution in [0.25, 0.3) is 0 Å². The average molecular weight is 240 g/mol. The zero-order valence-corrected chi connectivity index (χ0v) is 9.65. The Hall–Kier alpha value is -0.945. The van der Waals surface area contributed by atoms with E-state index in [-0.39, 0.29) is 12.4 Å². The van der Waals surface area contributed by atoms with Crippen LogP contribution in [0.4, 0.5) is 10.1 Å². The Morgan fingerprint density at radius 2 is 2.00 bits per heavy atom. The minimum absolute atomic E-state index is 0.237. The van der Waals surface area contributed by atoms with Crippen LogP contribution in [0, 0.1) is 5.82 Å². The topological polar surface area (TPSA) is 55.3 Å². The second-order valence-corrected chi connectivity index (χ2v) is 3.96. The van der Waals surface area contributed by atoms with Gasteiger partial charge < -0.3 is 19.7 Å². The Bertz CT molecular complexity index is 370. The van der Waals surface area contributed by atoms with Crippen LogP contribution in [0.1, 0.15) is 18.4 Å². The molecule has 3 N–H and O–H groups in total. The summed E-state index contributed by atoms with van der Waals surface area (Å²) < 4.78 is 29.1. The highest BCUT2D eigenvalue weighted by molar-refractivity contribution is 6.36. The number of hydrogen-bond acceptors (Lipinski definition) is 3. The largest absolute Gasteiger partial charge is 0.639 e. The lowest BCUT2D eigenvalue weighted by Gasteiger charge is -2.11. The maximum atomic E-state index is 13.0. The third-order valence-corrected chi connectivity index (χ3v) is 2.59. The SMILES string of the molecule is [NH3+]c1ccc(F)cc1COB1OCCCCO1. The van der Waals surface area contributed by atoms with Crippen LogP contribution in [0.5, 0.6) is 0 Å². The summed E-state index contributed by atoms with van der Waals surface area (Å²) in [5, 5.41) is 0. The van der Waals surface area contributed by atoms with E-state index in [4.69, 9.17) is 14.0 Å². The van der Waals surface area contributed by atoms with Crippen LogP contribution in [-0.2, 0) is 20.6 Å². The Morgan fingerprint density at radius 3 is 2.71 bits per heavy atom. The van der Waals surface area contributed by atoms with Crippen molar-refractivity contribution in [1.82, 2.24) is 0 Å². The molecule has 4 nitrogen and oxygen atoms in total. The van der Waals surface area contributed by atoms with E-state index < -0.39 is 7.32 Å². The minimum Gasteiger partial charge on any atom is -0.386 e. The molecule has 0 saturated carbocycles. The molecule has 1 aromatic carbocycles. The summed E-state index contributed by atoms with van der Waals surface area (Å²) in [6.07, 6.45) is 1.95. The Morgan fingerprint density at radius 1 is 1.29 bits per heavy atom. The molecule has 0 bridgehead atoms. The molecule has 1 aromatic rings. The van der Waals surface area contributed by atoms with E-state index in [0.717, 1.165) is 18.5 Å². The zero-order chi connectivity index (χ0) is 12.1. The number of hydrogen-bond donors (Lipinski definition) is 1. The predicted molar refractivity (Wildman–Crippen MR) is 60.6 cm³/mol. The van der Waals surface area contributed by atoms with E-state index >= 15 is 0 Å². The molecule has 1 aliphatic heterocycles. The van der Waals surface area contributed by atoms with Crippen LogP contribution in [0.2, 0.25) is 0 Å². The Kier molecular flexibility index (Phi) is 4.50. The van der Waals surface area contributed by atoms with Gasteiger partial charge in [-0.15, -0.1) is 0 Å². The summed E-state index contributed by atoms with van der Waals surface area (Å²) in [5.41, 5.74) is 5.28. The summed E-state index contributed by atoms with van der Waals surface area (Å²) in [6, 6.07) is 4.42. The highest BCUT2D eigenvalue weighted by atomic mass is 19.1. The van der Waals surface area contributed by atoms with Crippen molar-refractivity contribution in [2.75, 3.05) is 13.2 Å². The molecule has 92 valence electrons. The summed E-state index contributed by atoms with van der Waals surface area (Å²) in [5.74, 6) is -0.293. The van der Waals surface area contributed by atoms with Crippen molar-refractivity contribution in [3.63, 3.8) is 0 Å². The molecule has 6 heteroatoms. The van der Waals surface area contributed by atoms with Gasteiger partial charge >= 0.3 is 7.32 Å². The highest BCUT2D eigenvalue weighted by Gasteiger charge is 2.23. The van der Waals surface area contributed by atoms with Crippen molar-refractivity contribution in [1.29, 1.82) is 0 Å². The fraction of sp³-hybridized carbons (Fsp3) is 0.455. The second-order valence-electron chi connectivity index (χ2n) is 3.96. The number of rotatable bonds is 3. The summed E-state index contributed by atoms with van der Waals surface area (Å²) in [6.45, 7) is 1.50. The van der Waals surface area contributed by atoms with Crippen LogP contribution >= 0.6 is 0 Å². The fourth-order valence-electron chi connectivity index (χ4n) is 1.59. The lowest BCUT2D eigenvalue weighted by molar-refractivity contribution is -0.256. The Labute approximate surface area is 100 Å². The number of benzene rings is 1. The molecule has 1 aliphatic rings. The lowest BCUT2D eigenvalue weighted by atomic mass is 10.1. The van der Waals surface area contributed by atoms with Gasteiger partial charge in [0.05, 0.1) is 6.61 Å². The van der Waals surface area contributed by atoms with Gasteiger partial charge in [-0.3, -0.25) is 0 Å². The van der Waals surface area contributed by atoms with Gasteiger partial charge in [-0.25, -0.2) is 4.39 Å². The molecule has 0 aliphatic carbocycles. The fourth-order valence-corrected chi connectivity index (χ4v) is 1.59. The first-order valence-electron chi connectivity index (χ1n) is 5.71. The van der Waals surface area contributed by atoms with Gasteiger partial charge in [0.1, 0.15) is 11.5 Å². The average Bonchev–Trinajstić information content (AvgIpc) is 2.59. The maximum absolute atomic E-state index is 13.0. The quantitative estimate of drug-likeness (QED) is 0.802.